The number of ketones is 1. The predicted octanol–water partition coefficient (Wildman–Crippen LogP) is 4.32. The Labute approximate surface area is 218 Å². The van der Waals surface area contributed by atoms with Gasteiger partial charge >= 0.3 is 11.9 Å². The van der Waals surface area contributed by atoms with Crippen molar-refractivity contribution in [3.05, 3.63) is 23.8 Å². The molecule has 0 aromatic heterocycles. The molecular formula is C29H40FNO6. The van der Waals surface area contributed by atoms with Gasteiger partial charge in [0, 0.05) is 42.6 Å². The molecule has 0 saturated heterocycles. The molecule has 0 aromatic carbocycles. The van der Waals surface area contributed by atoms with Crippen LogP contribution < -0.4 is 0 Å². The number of rotatable bonds is 6. The Kier molecular flexibility index (Phi) is 7.06. The third kappa shape index (κ3) is 3.68. The van der Waals surface area contributed by atoms with Crippen LogP contribution in [0.4, 0.5) is 4.39 Å². The highest BCUT2D eigenvalue weighted by atomic mass is 19.1. The first-order valence-electron chi connectivity index (χ1n) is 13.5. The van der Waals surface area contributed by atoms with E-state index < -0.39 is 64.4 Å². The van der Waals surface area contributed by atoms with Gasteiger partial charge in [0.1, 0.15) is 0 Å². The van der Waals surface area contributed by atoms with Crippen molar-refractivity contribution in [3.63, 3.8) is 0 Å². The fraction of sp³-hybridized carbons (Fsp3) is 0.724. The molecule has 8 atom stereocenters. The number of allylic oxidation sites excluding steroid dienone is 4. The van der Waals surface area contributed by atoms with Crippen molar-refractivity contribution in [2.75, 3.05) is 13.7 Å². The van der Waals surface area contributed by atoms with Crippen molar-refractivity contribution in [1.82, 2.24) is 0 Å². The van der Waals surface area contributed by atoms with E-state index in [0.29, 0.717) is 19.3 Å². The van der Waals surface area contributed by atoms with Crippen molar-refractivity contribution in [3.8, 4) is 0 Å². The maximum Gasteiger partial charge on any atom is 0.306 e. The van der Waals surface area contributed by atoms with E-state index in [2.05, 4.69) is 4.99 Å². The zero-order valence-electron chi connectivity index (χ0n) is 22.8. The number of alkyl halides is 1. The Balaban J connectivity index is 1.80. The van der Waals surface area contributed by atoms with Gasteiger partial charge in [-0.15, -0.1) is 0 Å². The smallest absolute Gasteiger partial charge is 0.306 e. The molecule has 4 rings (SSSR count). The second-order valence-corrected chi connectivity index (χ2v) is 11.6. The van der Waals surface area contributed by atoms with Crippen LogP contribution in [0, 0.1) is 28.6 Å². The minimum Gasteiger partial charge on any atom is -0.457 e. The van der Waals surface area contributed by atoms with Crippen LogP contribution in [0.3, 0.4) is 0 Å². The van der Waals surface area contributed by atoms with Gasteiger partial charge in [-0.25, -0.2) is 4.39 Å². The first-order chi connectivity index (χ1) is 17.3. The number of halogens is 1. The molecule has 8 heteroatoms. The van der Waals surface area contributed by atoms with Gasteiger partial charge in [0.25, 0.3) is 0 Å². The number of aliphatic imine (C=N–C) groups is 1. The minimum atomic E-state index is -1.96. The average molecular weight is 518 g/mol. The quantitative estimate of drug-likeness (QED) is 0.527. The van der Waals surface area contributed by atoms with E-state index in [-0.39, 0.29) is 25.2 Å². The molecule has 37 heavy (non-hydrogen) atoms. The van der Waals surface area contributed by atoms with E-state index >= 15 is 4.39 Å². The van der Waals surface area contributed by atoms with E-state index in [1.807, 2.05) is 39.0 Å². The zero-order valence-corrected chi connectivity index (χ0v) is 22.8. The van der Waals surface area contributed by atoms with E-state index in [0.717, 1.165) is 11.3 Å². The lowest BCUT2D eigenvalue weighted by Gasteiger charge is -2.62. The minimum absolute atomic E-state index is 0.0507. The summed E-state index contributed by atoms with van der Waals surface area (Å²) in [6, 6.07) is 0. The van der Waals surface area contributed by atoms with Gasteiger partial charge in [-0.2, -0.15) is 0 Å². The molecule has 204 valence electrons. The molecule has 4 aliphatic rings. The zero-order chi connectivity index (χ0) is 27.4. The summed E-state index contributed by atoms with van der Waals surface area (Å²) < 4.78 is 28.8. The lowest BCUT2D eigenvalue weighted by Crippen LogP contribution is -2.70. The first kappa shape index (κ1) is 27.7. The van der Waals surface area contributed by atoms with E-state index in [1.165, 1.54) is 0 Å². The maximum atomic E-state index is 17.5. The van der Waals surface area contributed by atoms with Crippen molar-refractivity contribution < 1.29 is 33.4 Å². The Morgan fingerprint density at radius 1 is 1.16 bits per heavy atom. The van der Waals surface area contributed by atoms with Crippen LogP contribution in [0.5, 0.6) is 0 Å². The number of carbonyl (C=O) groups excluding carboxylic acids is 3. The van der Waals surface area contributed by atoms with Crippen LogP contribution in [-0.4, -0.2) is 59.6 Å². The lowest BCUT2D eigenvalue weighted by molar-refractivity contribution is -0.228. The van der Waals surface area contributed by atoms with Crippen LogP contribution in [0.25, 0.3) is 0 Å². The van der Waals surface area contributed by atoms with Crippen molar-refractivity contribution in [2.24, 2.45) is 33.6 Å². The van der Waals surface area contributed by atoms with Gasteiger partial charge in [-0.3, -0.25) is 19.4 Å². The Hall–Kier alpha value is -2.35. The van der Waals surface area contributed by atoms with Gasteiger partial charge in [-0.05, 0) is 50.7 Å². The normalized spacial score (nSPS) is 43.4. The monoisotopic (exact) mass is 517 g/mol. The molecule has 0 unspecified atom stereocenters. The van der Waals surface area contributed by atoms with Gasteiger partial charge in [0.05, 0.1) is 11.8 Å². The number of hydrogen-bond donors (Lipinski definition) is 1. The number of ether oxygens (including phenoxy) is 2. The maximum absolute atomic E-state index is 17.5. The largest absolute Gasteiger partial charge is 0.457 e. The molecule has 0 aromatic rings. The van der Waals surface area contributed by atoms with E-state index in [1.54, 1.807) is 20.9 Å². The van der Waals surface area contributed by atoms with Crippen LogP contribution >= 0.6 is 0 Å². The number of carbonyl (C=O) groups is 3. The highest BCUT2D eigenvalue weighted by Crippen LogP contribution is 2.71. The van der Waals surface area contributed by atoms with Gasteiger partial charge < -0.3 is 14.6 Å². The summed E-state index contributed by atoms with van der Waals surface area (Å²) in [4.78, 5) is 42.7. The molecule has 0 bridgehead atoms. The van der Waals surface area contributed by atoms with Crippen molar-refractivity contribution in [2.45, 2.75) is 90.5 Å². The fourth-order valence-corrected chi connectivity index (χ4v) is 8.15. The first-order valence-corrected chi connectivity index (χ1v) is 13.5. The molecule has 3 saturated carbocycles. The molecule has 7 nitrogen and oxygen atoms in total. The van der Waals surface area contributed by atoms with Crippen LogP contribution in [0.1, 0.15) is 73.1 Å². The summed E-state index contributed by atoms with van der Waals surface area (Å²) in [7, 11) is 1.70. The second kappa shape index (κ2) is 9.44. The highest BCUT2D eigenvalue weighted by molar-refractivity contribution is 6.05. The second-order valence-electron chi connectivity index (χ2n) is 11.6. The predicted molar refractivity (Wildman–Crippen MR) is 137 cm³/mol. The summed E-state index contributed by atoms with van der Waals surface area (Å²) in [5.41, 5.74) is -3.94. The Bertz CT molecular complexity index is 1080. The number of hydrogen-bond acceptors (Lipinski definition) is 7. The number of esters is 2. The molecule has 1 N–H and O–H groups in total. The summed E-state index contributed by atoms with van der Waals surface area (Å²) in [6.45, 7) is 8.30. The molecule has 0 radical (unpaired) electrons. The summed E-state index contributed by atoms with van der Waals surface area (Å²) >= 11 is 0. The molecular weight excluding hydrogens is 477 g/mol. The molecule has 0 amide bonds. The number of fused-ring (bicyclic) bond motifs is 5. The van der Waals surface area contributed by atoms with E-state index in [9.17, 15) is 19.5 Å². The Morgan fingerprint density at radius 2 is 1.84 bits per heavy atom. The summed E-state index contributed by atoms with van der Waals surface area (Å²) in [6.07, 6.45) is 5.91. The topological polar surface area (TPSA) is 102 Å². The van der Waals surface area contributed by atoms with Crippen LogP contribution in [0.15, 0.2) is 28.8 Å². The van der Waals surface area contributed by atoms with Gasteiger partial charge in [-0.1, -0.05) is 39.3 Å². The summed E-state index contributed by atoms with van der Waals surface area (Å²) in [5.74, 6) is -2.88. The lowest BCUT2D eigenvalue weighted by atomic mass is 9.44. The fourth-order valence-electron chi connectivity index (χ4n) is 8.15. The molecule has 0 spiro atoms. The summed E-state index contributed by atoms with van der Waals surface area (Å²) in [5, 5.41) is 11.6. The molecule has 4 aliphatic carbocycles. The highest BCUT2D eigenvalue weighted by Gasteiger charge is 2.77. The molecule has 3 fully saturated rings. The van der Waals surface area contributed by atoms with E-state index in [4.69, 9.17) is 9.47 Å². The standard InChI is InChI=1S/C29H40FNO6/c1-7-24(34)36-16-23(33)29(37-25(35)8-2)17(3)13-21-20-10-9-18-14-19(31-6)11-12-26(18,4)28(20,30)22(32)15-27(21,29)5/h11-12,14,17,20-22,32H,7-10,13,15-16H2,1-6H3/b31-19+/t17-,20-,21-,22-,26-,27-,28-,29-/m0/s1. The van der Waals surface area contributed by atoms with Gasteiger partial charge in [0.15, 0.2) is 17.9 Å². The Morgan fingerprint density at radius 3 is 2.46 bits per heavy atom. The number of aliphatic hydroxyl groups is 1. The van der Waals surface area contributed by atoms with Gasteiger partial charge in [0.2, 0.25) is 5.78 Å². The third-order valence-electron chi connectivity index (χ3n) is 10.1. The SMILES string of the molecule is CCC(=O)OCC(=O)[C@@]1(OC(=O)CC)[C@@H](C)C[C@H]2[C@@H]3CCC4=C/C(=N/C)C=C[C@]4(C)[C@@]3(F)[C@@H](O)C[C@@]21C. The van der Waals surface area contributed by atoms with Crippen LogP contribution in [0.2, 0.25) is 0 Å². The van der Waals surface area contributed by atoms with Crippen molar-refractivity contribution in [1.29, 1.82) is 0 Å². The molecule has 0 heterocycles. The number of aliphatic hydroxyl groups excluding tert-OH is 1. The third-order valence-corrected chi connectivity index (χ3v) is 10.1. The average Bonchev–Trinajstić information content (AvgIpc) is 3.09. The number of Topliss-reactive ketones (excluding diaryl/α,β-unsaturated/α-hetero) is 1. The number of nitrogens with zero attached hydrogens (tertiary/aromatic N) is 1. The molecule has 0 aliphatic heterocycles. The van der Waals surface area contributed by atoms with Crippen molar-refractivity contribution >= 4 is 23.4 Å². The van der Waals surface area contributed by atoms with Crippen LogP contribution in [-0.2, 0) is 23.9 Å².